The molecule has 0 spiro atoms. The number of rotatable bonds is 4. The van der Waals surface area contributed by atoms with E-state index in [2.05, 4.69) is 36.9 Å². The van der Waals surface area contributed by atoms with Crippen LogP contribution in [0.4, 0.5) is 5.69 Å². The Morgan fingerprint density at radius 2 is 2.27 bits per heavy atom. The van der Waals surface area contributed by atoms with E-state index in [0.29, 0.717) is 6.04 Å². The predicted molar refractivity (Wildman–Crippen MR) is 63.6 cm³/mol. The van der Waals surface area contributed by atoms with Crippen molar-refractivity contribution in [3.63, 3.8) is 0 Å². The molecular formula is C13H19NO. The van der Waals surface area contributed by atoms with Crippen molar-refractivity contribution in [3.8, 4) is 0 Å². The van der Waals surface area contributed by atoms with Gasteiger partial charge in [-0.1, -0.05) is 19.1 Å². The summed E-state index contributed by atoms with van der Waals surface area (Å²) in [6.07, 6.45) is 1.11. The van der Waals surface area contributed by atoms with Crippen molar-refractivity contribution in [2.75, 3.05) is 25.2 Å². The molecule has 1 aliphatic heterocycles. The van der Waals surface area contributed by atoms with Crippen molar-refractivity contribution in [2.45, 2.75) is 26.3 Å². The van der Waals surface area contributed by atoms with Gasteiger partial charge in [0.1, 0.15) is 0 Å². The van der Waals surface area contributed by atoms with Gasteiger partial charge >= 0.3 is 0 Å². The van der Waals surface area contributed by atoms with Crippen molar-refractivity contribution in [3.05, 3.63) is 29.3 Å². The average molecular weight is 205 g/mol. The minimum absolute atomic E-state index is 0.598. The molecule has 1 saturated heterocycles. The quantitative estimate of drug-likeness (QED) is 0.700. The molecule has 0 N–H and O–H groups in total. The Balaban J connectivity index is 2.10. The average Bonchev–Trinajstić information content (AvgIpc) is 2.97. The van der Waals surface area contributed by atoms with Gasteiger partial charge in [-0.2, -0.15) is 0 Å². The first-order valence-electron chi connectivity index (χ1n) is 5.61. The fourth-order valence-electron chi connectivity index (χ4n) is 2.07. The van der Waals surface area contributed by atoms with E-state index in [1.807, 2.05) is 0 Å². The van der Waals surface area contributed by atoms with Gasteiger partial charge in [0.05, 0.1) is 12.6 Å². The molecule has 0 amide bonds. The lowest BCUT2D eigenvalue weighted by Gasteiger charge is -2.10. The highest BCUT2D eigenvalue weighted by Crippen LogP contribution is 2.31. The molecule has 0 radical (unpaired) electrons. The van der Waals surface area contributed by atoms with Gasteiger partial charge in [0.2, 0.25) is 0 Å². The highest BCUT2D eigenvalue weighted by atomic mass is 16.5. The van der Waals surface area contributed by atoms with Gasteiger partial charge in [-0.05, 0) is 30.5 Å². The van der Waals surface area contributed by atoms with Crippen LogP contribution in [0.2, 0.25) is 0 Å². The molecule has 0 saturated carbocycles. The predicted octanol–water partition coefficient (Wildman–Crippen LogP) is 2.39. The number of benzene rings is 1. The molecule has 1 aromatic carbocycles. The lowest BCUT2D eigenvalue weighted by Crippen LogP contribution is -2.06. The number of hydrogen-bond donors (Lipinski definition) is 0. The molecule has 1 aromatic rings. The van der Waals surface area contributed by atoms with Gasteiger partial charge in [-0.3, -0.25) is 0 Å². The summed E-state index contributed by atoms with van der Waals surface area (Å²) in [7, 11) is 1.77. The van der Waals surface area contributed by atoms with Crippen LogP contribution in [0.5, 0.6) is 0 Å². The van der Waals surface area contributed by atoms with Crippen molar-refractivity contribution < 1.29 is 4.74 Å². The monoisotopic (exact) mass is 205 g/mol. The van der Waals surface area contributed by atoms with Crippen LogP contribution in [0.1, 0.15) is 18.1 Å². The third-order valence-electron chi connectivity index (χ3n) is 3.05. The summed E-state index contributed by atoms with van der Waals surface area (Å²) >= 11 is 0. The standard InChI is InChI=1S/C13H19NO/c1-4-11-5-6-13(10(2)7-11)14-8-12(14)9-15-3/h5-7,12H,4,8-9H2,1-3H3. The Morgan fingerprint density at radius 3 is 2.87 bits per heavy atom. The second kappa shape index (κ2) is 4.23. The molecule has 2 heteroatoms. The van der Waals surface area contributed by atoms with Gasteiger partial charge in [-0.25, -0.2) is 0 Å². The molecule has 0 bridgehead atoms. The van der Waals surface area contributed by atoms with Gasteiger partial charge in [-0.15, -0.1) is 0 Å². The van der Waals surface area contributed by atoms with Crippen LogP contribution >= 0.6 is 0 Å². The Hall–Kier alpha value is -1.02. The Kier molecular flexibility index (Phi) is 2.96. The third kappa shape index (κ3) is 2.15. The van der Waals surface area contributed by atoms with E-state index < -0.39 is 0 Å². The Bertz CT molecular complexity index is 348. The molecule has 0 aromatic heterocycles. The zero-order valence-corrected chi connectivity index (χ0v) is 9.79. The lowest BCUT2D eigenvalue weighted by atomic mass is 10.1. The lowest BCUT2D eigenvalue weighted by molar-refractivity contribution is 0.203. The molecule has 1 atom stereocenters. The first-order valence-corrected chi connectivity index (χ1v) is 5.61. The zero-order valence-electron chi connectivity index (χ0n) is 9.79. The van der Waals surface area contributed by atoms with Crippen LogP contribution in [0.3, 0.4) is 0 Å². The summed E-state index contributed by atoms with van der Waals surface area (Å²) in [6, 6.07) is 7.35. The van der Waals surface area contributed by atoms with Crippen molar-refractivity contribution in [2.24, 2.45) is 0 Å². The summed E-state index contributed by atoms with van der Waals surface area (Å²) in [5.74, 6) is 0. The SMILES string of the molecule is CCc1ccc(N2CC2COC)c(C)c1. The minimum atomic E-state index is 0.598. The van der Waals surface area contributed by atoms with E-state index in [9.17, 15) is 0 Å². The van der Waals surface area contributed by atoms with E-state index in [4.69, 9.17) is 4.74 Å². The second-order valence-corrected chi connectivity index (χ2v) is 4.24. The maximum atomic E-state index is 5.16. The fraction of sp³-hybridized carbons (Fsp3) is 0.538. The normalized spacial score (nSPS) is 19.4. The molecule has 2 rings (SSSR count). The number of anilines is 1. The highest BCUT2D eigenvalue weighted by molar-refractivity contribution is 5.60. The van der Waals surface area contributed by atoms with Crippen LogP contribution in [0.15, 0.2) is 18.2 Å². The molecular weight excluding hydrogens is 186 g/mol. The highest BCUT2D eigenvalue weighted by Gasteiger charge is 2.34. The van der Waals surface area contributed by atoms with Gasteiger partial charge in [0, 0.05) is 19.3 Å². The van der Waals surface area contributed by atoms with Crippen molar-refractivity contribution in [1.29, 1.82) is 0 Å². The number of methoxy groups -OCH3 is 1. The molecule has 1 fully saturated rings. The molecule has 1 unspecified atom stereocenters. The molecule has 0 aliphatic carbocycles. The van der Waals surface area contributed by atoms with Crippen LogP contribution in [-0.4, -0.2) is 26.3 Å². The first-order chi connectivity index (χ1) is 7.26. The van der Waals surface area contributed by atoms with Crippen molar-refractivity contribution >= 4 is 5.69 Å². The van der Waals surface area contributed by atoms with E-state index in [1.165, 1.54) is 16.8 Å². The van der Waals surface area contributed by atoms with Crippen LogP contribution < -0.4 is 4.90 Å². The molecule has 1 heterocycles. The van der Waals surface area contributed by atoms with Crippen molar-refractivity contribution in [1.82, 2.24) is 0 Å². The van der Waals surface area contributed by atoms with Crippen LogP contribution in [-0.2, 0) is 11.2 Å². The van der Waals surface area contributed by atoms with E-state index in [0.717, 1.165) is 19.6 Å². The third-order valence-corrected chi connectivity index (χ3v) is 3.05. The molecule has 82 valence electrons. The smallest absolute Gasteiger partial charge is 0.0699 e. The number of nitrogens with zero attached hydrogens (tertiary/aromatic N) is 1. The summed E-state index contributed by atoms with van der Waals surface area (Å²) in [5, 5.41) is 0. The number of hydrogen-bond acceptors (Lipinski definition) is 2. The largest absolute Gasteiger partial charge is 0.382 e. The second-order valence-electron chi connectivity index (χ2n) is 4.24. The van der Waals surface area contributed by atoms with Crippen LogP contribution in [0.25, 0.3) is 0 Å². The zero-order chi connectivity index (χ0) is 10.8. The van der Waals surface area contributed by atoms with Gasteiger partial charge < -0.3 is 9.64 Å². The number of aryl methyl sites for hydroxylation is 2. The van der Waals surface area contributed by atoms with E-state index >= 15 is 0 Å². The summed E-state index contributed by atoms with van der Waals surface area (Å²) < 4.78 is 5.16. The maximum absolute atomic E-state index is 5.16. The summed E-state index contributed by atoms with van der Waals surface area (Å²) in [6.45, 7) is 6.37. The van der Waals surface area contributed by atoms with E-state index in [-0.39, 0.29) is 0 Å². The molecule has 15 heavy (non-hydrogen) atoms. The van der Waals surface area contributed by atoms with Gasteiger partial charge in [0.15, 0.2) is 0 Å². The van der Waals surface area contributed by atoms with E-state index in [1.54, 1.807) is 7.11 Å². The topological polar surface area (TPSA) is 12.2 Å². The number of ether oxygens (including phenoxy) is 1. The Labute approximate surface area is 91.9 Å². The van der Waals surface area contributed by atoms with Crippen LogP contribution in [0, 0.1) is 6.92 Å². The minimum Gasteiger partial charge on any atom is -0.382 e. The summed E-state index contributed by atoms with van der Waals surface area (Å²) in [4.78, 5) is 2.40. The maximum Gasteiger partial charge on any atom is 0.0699 e. The molecule has 1 aliphatic rings. The Morgan fingerprint density at radius 1 is 1.47 bits per heavy atom. The summed E-state index contributed by atoms with van der Waals surface area (Å²) in [5.41, 5.74) is 4.17. The molecule has 2 nitrogen and oxygen atoms in total. The first kappa shape index (κ1) is 10.5. The van der Waals surface area contributed by atoms with Gasteiger partial charge in [0.25, 0.3) is 0 Å². The fourth-order valence-corrected chi connectivity index (χ4v) is 2.07.